The van der Waals surface area contributed by atoms with E-state index in [0.29, 0.717) is 49.2 Å². The Morgan fingerprint density at radius 2 is 1.37 bits per heavy atom. The Labute approximate surface area is 348 Å². The molecule has 0 saturated heterocycles. The van der Waals surface area contributed by atoms with E-state index in [0.717, 1.165) is 37.9 Å². The molecule has 1 amide bonds. The highest BCUT2D eigenvalue weighted by molar-refractivity contribution is 5.89. The second kappa shape index (κ2) is 22.2. The molecule has 3 heterocycles. The van der Waals surface area contributed by atoms with Gasteiger partial charge in [-0.25, -0.2) is 19.7 Å². The summed E-state index contributed by atoms with van der Waals surface area (Å²) < 4.78 is 132. The van der Waals surface area contributed by atoms with Gasteiger partial charge in [0.15, 0.2) is 5.75 Å². The molecule has 2 aromatic heterocycles. The fourth-order valence-corrected chi connectivity index (χ4v) is 6.48. The molecule has 344 valence electrons. The second-order valence-electron chi connectivity index (χ2n) is 14.1. The normalized spacial score (nSPS) is 16.6. The number of pyridine rings is 1. The first-order valence-corrected chi connectivity index (χ1v) is 19.2. The van der Waals surface area contributed by atoms with Crippen molar-refractivity contribution in [3.8, 4) is 5.75 Å². The lowest BCUT2D eigenvalue weighted by atomic mass is 9.80. The molecule has 3 aromatic rings. The Balaban J connectivity index is 0.000000509. The third-order valence-corrected chi connectivity index (χ3v) is 9.54. The van der Waals surface area contributed by atoms with Crippen LogP contribution in [0.1, 0.15) is 110 Å². The molecule has 1 aliphatic rings. The molecule has 0 spiro atoms. The molecule has 0 radical (unpaired) electrons. The number of carboxylic acids is 2. The molecular weight excluding hydrogens is 853 g/mol. The van der Waals surface area contributed by atoms with Crippen molar-refractivity contribution in [1.82, 2.24) is 15.0 Å². The number of aliphatic carboxylic acids is 2. The molecular formula is C39H46F9N5O9. The minimum Gasteiger partial charge on any atom is -0.488 e. The van der Waals surface area contributed by atoms with Crippen molar-refractivity contribution in [1.29, 1.82) is 0 Å². The summed E-state index contributed by atoms with van der Waals surface area (Å²) in [6.07, 6.45) is -11.6. The highest BCUT2D eigenvalue weighted by atomic mass is 19.4. The molecule has 6 N–H and O–H groups in total. The molecule has 1 aromatic carbocycles. The van der Waals surface area contributed by atoms with Crippen molar-refractivity contribution in [2.45, 2.75) is 108 Å². The number of amides is 1. The lowest BCUT2D eigenvalue weighted by Crippen LogP contribution is -2.64. The van der Waals surface area contributed by atoms with Crippen molar-refractivity contribution in [3.05, 3.63) is 76.1 Å². The average Bonchev–Trinajstić information content (AvgIpc) is 3.17. The molecule has 4 rings (SSSR count). The molecule has 0 fully saturated rings. The number of rotatable bonds is 19. The highest BCUT2D eigenvalue weighted by Gasteiger charge is 2.50. The van der Waals surface area contributed by atoms with Gasteiger partial charge in [-0.1, -0.05) is 19.8 Å². The zero-order chi connectivity index (χ0) is 46.5. The van der Waals surface area contributed by atoms with Gasteiger partial charge in [-0.3, -0.25) is 14.5 Å². The van der Waals surface area contributed by atoms with E-state index in [1.165, 1.54) is 6.92 Å². The van der Waals surface area contributed by atoms with Crippen LogP contribution in [0.3, 0.4) is 0 Å². The molecule has 0 bridgehead atoms. The lowest BCUT2D eigenvalue weighted by Gasteiger charge is -2.47. The summed E-state index contributed by atoms with van der Waals surface area (Å²) in [5.74, 6) is -3.31. The Morgan fingerprint density at radius 3 is 1.84 bits per heavy atom. The zero-order valence-corrected chi connectivity index (χ0v) is 33.2. The number of anilines is 1. The van der Waals surface area contributed by atoms with Gasteiger partial charge in [-0.05, 0) is 68.0 Å². The van der Waals surface area contributed by atoms with Gasteiger partial charge in [-0.2, -0.15) is 39.5 Å². The van der Waals surface area contributed by atoms with Crippen LogP contribution in [0.2, 0.25) is 0 Å². The number of hydrogen-bond acceptors (Lipinski definition) is 10. The number of benzene rings is 1. The smallest absolute Gasteiger partial charge is 0.433 e. The Morgan fingerprint density at radius 1 is 0.806 bits per heavy atom. The zero-order valence-electron chi connectivity index (χ0n) is 33.2. The number of unbranched alkanes of at least 4 members (excludes halogenated alkanes) is 4. The molecule has 62 heavy (non-hydrogen) atoms. The SMILES string of the molecule is CCC1(N)C(c2ncc(OCCO)c(Cc3cc(C(F)(F)F)cc(C(F)(F)F)c3)n2)Cc2nc(C(F)(F)F)ccc2N1C(=O)O.O=C(O)CCCCCOCCCCCC(=O)O. The predicted octanol–water partition coefficient (Wildman–Crippen LogP) is 8.07. The van der Waals surface area contributed by atoms with E-state index in [1.807, 2.05) is 0 Å². The maximum Gasteiger partial charge on any atom is 0.433 e. The van der Waals surface area contributed by atoms with Crippen LogP contribution in [0, 0.1) is 0 Å². The van der Waals surface area contributed by atoms with Crippen LogP contribution in [-0.2, 0) is 45.7 Å². The monoisotopic (exact) mass is 899 g/mol. The van der Waals surface area contributed by atoms with E-state index >= 15 is 0 Å². The number of aliphatic hydroxyl groups is 1. The Hall–Kier alpha value is -5.29. The van der Waals surface area contributed by atoms with Gasteiger partial charge < -0.3 is 35.6 Å². The Kier molecular flexibility index (Phi) is 18.3. The van der Waals surface area contributed by atoms with E-state index in [-0.39, 0.29) is 60.6 Å². The van der Waals surface area contributed by atoms with Gasteiger partial charge >= 0.3 is 36.6 Å². The fraction of sp³-hybridized carbons (Fsp3) is 0.538. The van der Waals surface area contributed by atoms with E-state index in [2.05, 4.69) is 15.0 Å². The number of hydrogen-bond donors (Lipinski definition) is 5. The summed E-state index contributed by atoms with van der Waals surface area (Å²) in [4.78, 5) is 45.4. The van der Waals surface area contributed by atoms with Crippen LogP contribution in [0.15, 0.2) is 36.5 Å². The third-order valence-electron chi connectivity index (χ3n) is 9.54. The fourth-order valence-electron chi connectivity index (χ4n) is 6.48. The van der Waals surface area contributed by atoms with Crippen molar-refractivity contribution in [3.63, 3.8) is 0 Å². The number of fused-ring (bicyclic) bond motifs is 1. The summed E-state index contributed by atoms with van der Waals surface area (Å²) in [5, 5.41) is 36.0. The first kappa shape index (κ1) is 51.1. The van der Waals surface area contributed by atoms with E-state index in [1.54, 1.807) is 0 Å². The van der Waals surface area contributed by atoms with Crippen molar-refractivity contribution in [2.75, 3.05) is 31.3 Å². The summed E-state index contributed by atoms with van der Waals surface area (Å²) >= 11 is 0. The number of nitrogens with two attached hydrogens (primary N) is 1. The molecule has 0 saturated carbocycles. The average molecular weight is 900 g/mol. The Bertz CT molecular complexity index is 1930. The van der Waals surface area contributed by atoms with E-state index in [9.17, 15) is 64.1 Å². The molecule has 0 aliphatic carbocycles. The summed E-state index contributed by atoms with van der Waals surface area (Å²) in [7, 11) is 0. The number of nitrogens with zero attached hydrogens (tertiary/aromatic N) is 4. The minimum absolute atomic E-state index is 0.0513. The predicted molar refractivity (Wildman–Crippen MR) is 200 cm³/mol. The maximum absolute atomic E-state index is 13.5. The van der Waals surface area contributed by atoms with Crippen LogP contribution in [0.5, 0.6) is 5.75 Å². The molecule has 1 aliphatic heterocycles. The number of halogens is 9. The maximum atomic E-state index is 13.5. The highest BCUT2D eigenvalue weighted by Crippen LogP contribution is 2.45. The number of ether oxygens (including phenoxy) is 2. The largest absolute Gasteiger partial charge is 0.488 e. The topological polar surface area (TPSA) is 219 Å². The van der Waals surface area contributed by atoms with Gasteiger partial charge in [0.2, 0.25) is 0 Å². The third kappa shape index (κ3) is 14.7. The van der Waals surface area contributed by atoms with Gasteiger partial charge in [0.25, 0.3) is 0 Å². The first-order chi connectivity index (χ1) is 28.9. The molecule has 14 nitrogen and oxygen atoms in total. The van der Waals surface area contributed by atoms with Crippen LogP contribution < -0.4 is 15.4 Å². The number of alkyl halides is 9. The number of aromatic nitrogens is 3. The van der Waals surface area contributed by atoms with Gasteiger partial charge in [0.05, 0.1) is 46.9 Å². The molecule has 23 heteroatoms. The summed E-state index contributed by atoms with van der Waals surface area (Å²) in [5.41, 5.74) is -1.07. The van der Waals surface area contributed by atoms with Crippen LogP contribution in [0.4, 0.5) is 50.0 Å². The number of carboxylic acid groups (broad SMARTS) is 3. The van der Waals surface area contributed by atoms with Crippen LogP contribution in [-0.4, -0.2) is 85.5 Å². The number of carbonyl (C=O) groups is 3. The van der Waals surface area contributed by atoms with Gasteiger partial charge in [0, 0.05) is 38.9 Å². The first-order valence-electron chi connectivity index (χ1n) is 19.2. The van der Waals surface area contributed by atoms with Crippen LogP contribution >= 0.6 is 0 Å². The quantitative estimate of drug-likeness (QED) is 0.0569. The number of aliphatic hydroxyl groups excluding tert-OH is 1. The van der Waals surface area contributed by atoms with E-state index < -0.39 is 90.0 Å². The lowest BCUT2D eigenvalue weighted by molar-refractivity contribution is -0.143. The summed E-state index contributed by atoms with van der Waals surface area (Å²) in [6.45, 7) is 1.92. The van der Waals surface area contributed by atoms with Gasteiger partial charge in [-0.15, -0.1) is 0 Å². The van der Waals surface area contributed by atoms with Crippen molar-refractivity contribution < 1.29 is 83.8 Å². The summed E-state index contributed by atoms with van der Waals surface area (Å²) in [6, 6.07) is 2.42. The standard InChI is InChI=1S/C27H24F9N5O4.C12H22O5/c1-2-24(37)16(11-17-19(41(24)23(43)44)3-4-21(39-17)27(34,35)36)22-38-12-20(45-6-5-42)18(40-22)9-13-7-14(25(28,29)30)10-15(8-13)26(31,32)33;13-11(14)7-3-1-5-9-17-10-6-2-4-8-12(15)16/h3-4,7-8,10,12,16,42H,2,5-6,9,11,37H2,1H3,(H,43,44);1-10H2,(H,13,14)(H,15,16). The second-order valence-corrected chi connectivity index (χ2v) is 14.1. The molecule has 2 unspecified atom stereocenters. The van der Waals surface area contributed by atoms with E-state index in [4.69, 9.17) is 25.4 Å². The van der Waals surface area contributed by atoms with Crippen molar-refractivity contribution in [2.24, 2.45) is 5.73 Å². The van der Waals surface area contributed by atoms with Crippen LogP contribution in [0.25, 0.3) is 0 Å². The minimum atomic E-state index is -5.14. The molecule has 2 atom stereocenters. The van der Waals surface area contributed by atoms with Crippen molar-refractivity contribution >= 4 is 23.7 Å². The van der Waals surface area contributed by atoms with Gasteiger partial charge in [0.1, 0.15) is 23.8 Å².